The largest absolute Gasteiger partial charge is 0.375 e. The Hall–Kier alpha value is -1.63. The van der Waals surface area contributed by atoms with E-state index in [1.54, 1.807) is 12.3 Å². The Morgan fingerprint density at radius 1 is 1.44 bits per heavy atom. The Morgan fingerprint density at radius 2 is 2.06 bits per heavy atom. The van der Waals surface area contributed by atoms with Crippen molar-refractivity contribution in [1.29, 1.82) is 0 Å². The molecule has 1 aromatic rings. The van der Waals surface area contributed by atoms with Gasteiger partial charge in [-0.1, -0.05) is 0 Å². The first kappa shape index (κ1) is 14.4. The van der Waals surface area contributed by atoms with Crippen LogP contribution in [0.25, 0.3) is 0 Å². The number of carbonyl (C=O) groups excluding carboxylic acids is 2. The second kappa shape index (κ2) is 5.34. The standard InChI is InChI=1S/C11H18N4O2S/c1-6(8(16)15-11(2,3)4)13-9(17)7-5-18-10(12)14-7/h5-6H,1-4H3,(H2,12,14)(H,13,17)(H,15,16). The third kappa shape index (κ3) is 4.33. The molecule has 6 nitrogen and oxygen atoms in total. The Balaban J connectivity index is 2.57. The molecule has 0 aliphatic heterocycles. The van der Waals surface area contributed by atoms with Gasteiger partial charge in [0.15, 0.2) is 5.13 Å². The normalized spacial score (nSPS) is 12.9. The minimum absolute atomic E-state index is 0.230. The van der Waals surface area contributed by atoms with Crippen LogP contribution >= 0.6 is 11.3 Å². The summed E-state index contributed by atoms with van der Waals surface area (Å²) in [6.07, 6.45) is 0. The maximum atomic E-state index is 11.8. The number of hydrogen-bond donors (Lipinski definition) is 3. The van der Waals surface area contributed by atoms with Gasteiger partial charge in [0.25, 0.3) is 5.91 Å². The van der Waals surface area contributed by atoms with E-state index in [2.05, 4.69) is 15.6 Å². The van der Waals surface area contributed by atoms with Gasteiger partial charge >= 0.3 is 0 Å². The number of nitrogens with zero attached hydrogens (tertiary/aromatic N) is 1. The lowest BCUT2D eigenvalue weighted by molar-refractivity contribution is -0.124. The average molecular weight is 270 g/mol. The number of aromatic nitrogens is 1. The molecular weight excluding hydrogens is 252 g/mol. The summed E-state index contributed by atoms with van der Waals surface area (Å²) in [5.74, 6) is -0.640. The third-order valence-electron chi connectivity index (χ3n) is 1.99. The van der Waals surface area contributed by atoms with Crippen LogP contribution in [0.5, 0.6) is 0 Å². The molecule has 0 saturated heterocycles. The van der Waals surface area contributed by atoms with E-state index in [0.29, 0.717) is 5.13 Å². The highest BCUT2D eigenvalue weighted by molar-refractivity contribution is 7.13. The van der Waals surface area contributed by atoms with E-state index >= 15 is 0 Å². The SMILES string of the molecule is CC(NC(=O)c1csc(N)n1)C(=O)NC(C)(C)C. The smallest absolute Gasteiger partial charge is 0.271 e. The summed E-state index contributed by atoms with van der Waals surface area (Å²) >= 11 is 1.18. The molecule has 1 heterocycles. The molecule has 1 aromatic heterocycles. The molecule has 0 radical (unpaired) electrons. The van der Waals surface area contributed by atoms with Crippen LogP contribution in [0.2, 0.25) is 0 Å². The van der Waals surface area contributed by atoms with E-state index in [1.165, 1.54) is 11.3 Å². The van der Waals surface area contributed by atoms with Crippen LogP contribution in [-0.4, -0.2) is 28.4 Å². The molecule has 1 unspecified atom stereocenters. The number of amides is 2. The number of anilines is 1. The third-order valence-corrected chi connectivity index (χ3v) is 2.67. The summed E-state index contributed by atoms with van der Waals surface area (Å²) in [6.45, 7) is 7.25. The predicted molar refractivity (Wildman–Crippen MR) is 71.4 cm³/mol. The molecule has 1 rings (SSSR count). The molecular formula is C11H18N4O2S. The van der Waals surface area contributed by atoms with Crippen molar-refractivity contribution < 1.29 is 9.59 Å². The van der Waals surface area contributed by atoms with Crippen molar-refractivity contribution in [2.45, 2.75) is 39.3 Å². The average Bonchev–Trinajstić information content (AvgIpc) is 2.62. The maximum absolute atomic E-state index is 11.8. The molecule has 18 heavy (non-hydrogen) atoms. The fourth-order valence-electron chi connectivity index (χ4n) is 1.21. The fourth-order valence-corrected chi connectivity index (χ4v) is 1.75. The van der Waals surface area contributed by atoms with Crippen molar-refractivity contribution in [2.24, 2.45) is 0 Å². The highest BCUT2D eigenvalue weighted by Gasteiger charge is 2.21. The van der Waals surface area contributed by atoms with Crippen molar-refractivity contribution >= 4 is 28.3 Å². The van der Waals surface area contributed by atoms with Gasteiger partial charge in [-0.25, -0.2) is 4.98 Å². The number of nitrogen functional groups attached to an aromatic ring is 1. The number of carbonyl (C=O) groups is 2. The summed E-state index contributed by atoms with van der Waals surface area (Å²) in [4.78, 5) is 27.3. The molecule has 4 N–H and O–H groups in total. The van der Waals surface area contributed by atoms with Crippen LogP contribution in [0.15, 0.2) is 5.38 Å². The zero-order valence-corrected chi connectivity index (χ0v) is 11.7. The summed E-state index contributed by atoms with van der Waals surface area (Å²) in [7, 11) is 0. The molecule has 0 bridgehead atoms. The number of hydrogen-bond acceptors (Lipinski definition) is 5. The van der Waals surface area contributed by atoms with Crippen molar-refractivity contribution in [1.82, 2.24) is 15.6 Å². The Morgan fingerprint density at radius 3 is 2.50 bits per heavy atom. The second-order valence-electron chi connectivity index (χ2n) is 5.01. The first-order valence-electron chi connectivity index (χ1n) is 5.53. The molecule has 1 atom stereocenters. The molecule has 0 aromatic carbocycles. The molecule has 100 valence electrons. The second-order valence-corrected chi connectivity index (χ2v) is 5.90. The quantitative estimate of drug-likeness (QED) is 0.755. The number of nitrogens with two attached hydrogens (primary N) is 1. The molecule has 0 saturated carbocycles. The topological polar surface area (TPSA) is 97.1 Å². The number of thiazole rings is 1. The summed E-state index contributed by atoms with van der Waals surface area (Å²) in [5, 5.41) is 7.23. The van der Waals surface area contributed by atoms with Crippen LogP contribution in [0, 0.1) is 0 Å². The van der Waals surface area contributed by atoms with Gasteiger partial charge in [-0.05, 0) is 27.7 Å². The van der Waals surface area contributed by atoms with Crippen LogP contribution in [-0.2, 0) is 4.79 Å². The first-order valence-corrected chi connectivity index (χ1v) is 6.41. The van der Waals surface area contributed by atoms with Gasteiger partial charge in [-0.2, -0.15) is 0 Å². The van der Waals surface area contributed by atoms with E-state index in [0.717, 1.165) is 0 Å². The number of nitrogens with one attached hydrogen (secondary N) is 2. The van der Waals surface area contributed by atoms with E-state index < -0.39 is 11.9 Å². The van der Waals surface area contributed by atoms with Crippen molar-refractivity contribution in [2.75, 3.05) is 5.73 Å². The number of rotatable bonds is 3. The maximum Gasteiger partial charge on any atom is 0.271 e. The summed E-state index contributed by atoms with van der Waals surface area (Å²) < 4.78 is 0. The summed E-state index contributed by atoms with van der Waals surface area (Å²) in [5.41, 5.74) is 5.34. The lowest BCUT2D eigenvalue weighted by Crippen LogP contribution is -2.50. The van der Waals surface area contributed by atoms with Crippen LogP contribution in [0.1, 0.15) is 38.2 Å². The molecule has 7 heteroatoms. The van der Waals surface area contributed by atoms with Gasteiger partial charge in [0, 0.05) is 10.9 Å². The van der Waals surface area contributed by atoms with Gasteiger partial charge in [-0.3, -0.25) is 9.59 Å². The monoisotopic (exact) mass is 270 g/mol. The van der Waals surface area contributed by atoms with Crippen molar-refractivity contribution in [3.05, 3.63) is 11.1 Å². The Bertz CT molecular complexity index is 450. The van der Waals surface area contributed by atoms with E-state index in [4.69, 9.17) is 5.73 Å². The lowest BCUT2D eigenvalue weighted by atomic mass is 10.1. The lowest BCUT2D eigenvalue weighted by Gasteiger charge is -2.23. The van der Waals surface area contributed by atoms with Gasteiger partial charge in [0.1, 0.15) is 11.7 Å². The fraction of sp³-hybridized carbons (Fsp3) is 0.545. The van der Waals surface area contributed by atoms with Crippen molar-refractivity contribution in [3.8, 4) is 0 Å². The van der Waals surface area contributed by atoms with Gasteiger partial charge in [-0.15, -0.1) is 11.3 Å². The highest BCUT2D eigenvalue weighted by Crippen LogP contribution is 2.10. The zero-order chi connectivity index (χ0) is 13.9. The van der Waals surface area contributed by atoms with Crippen LogP contribution < -0.4 is 16.4 Å². The molecule has 0 spiro atoms. The van der Waals surface area contributed by atoms with Gasteiger partial charge in [0.05, 0.1) is 0 Å². The van der Waals surface area contributed by atoms with Crippen molar-refractivity contribution in [3.63, 3.8) is 0 Å². The highest BCUT2D eigenvalue weighted by atomic mass is 32.1. The molecule has 0 aliphatic carbocycles. The molecule has 2 amide bonds. The molecule has 0 aliphatic rings. The predicted octanol–water partition coefficient (Wildman–Crippen LogP) is 0.758. The van der Waals surface area contributed by atoms with E-state index in [-0.39, 0.29) is 17.1 Å². The molecule has 0 fully saturated rings. The van der Waals surface area contributed by atoms with Crippen LogP contribution in [0.4, 0.5) is 5.13 Å². The van der Waals surface area contributed by atoms with Gasteiger partial charge < -0.3 is 16.4 Å². The first-order chi connectivity index (χ1) is 8.19. The zero-order valence-electron chi connectivity index (χ0n) is 10.9. The Labute approximate surface area is 110 Å². The van der Waals surface area contributed by atoms with E-state index in [9.17, 15) is 9.59 Å². The Kier molecular flexibility index (Phi) is 4.28. The van der Waals surface area contributed by atoms with E-state index in [1.807, 2.05) is 20.8 Å². The van der Waals surface area contributed by atoms with Gasteiger partial charge in [0.2, 0.25) is 5.91 Å². The summed E-state index contributed by atoms with van der Waals surface area (Å²) in [6, 6.07) is -0.625. The van der Waals surface area contributed by atoms with Crippen LogP contribution in [0.3, 0.4) is 0 Å². The minimum Gasteiger partial charge on any atom is -0.375 e. The minimum atomic E-state index is -0.625.